The van der Waals surface area contributed by atoms with Gasteiger partial charge in [0.1, 0.15) is 0 Å². The van der Waals surface area contributed by atoms with E-state index in [0.717, 1.165) is 0 Å². The van der Waals surface area contributed by atoms with Crippen molar-refractivity contribution in [1.29, 1.82) is 0 Å². The SMILES string of the molecule is CCN(CCO)c1nc(OC)ccc1N=O. The van der Waals surface area contributed by atoms with E-state index >= 15 is 0 Å². The molecule has 1 heterocycles. The van der Waals surface area contributed by atoms with Gasteiger partial charge in [-0.1, -0.05) is 0 Å². The molecule has 0 aromatic carbocycles. The number of pyridine rings is 1. The summed E-state index contributed by atoms with van der Waals surface area (Å²) >= 11 is 0. The zero-order chi connectivity index (χ0) is 12.0. The summed E-state index contributed by atoms with van der Waals surface area (Å²) in [5, 5.41) is 11.8. The van der Waals surface area contributed by atoms with E-state index in [0.29, 0.717) is 24.8 Å². The molecule has 6 nitrogen and oxygen atoms in total. The van der Waals surface area contributed by atoms with Crippen molar-refractivity contribution in [3.63, 3.8) is 0 Å². The van der Waals surface area contributed by atoms with Crippen molar-refractivity contribution in [3.05, 3.63) is 17.0 Å². The average Bonchev–Trinajstić information content (AvgIpc) is 2.35. The number of likely N-dealkylation sites (N-methyl/N-ethyl adjacent to an activating group) is 1. The molecule has 0 saturated carbocycles. The van der Waals surface area contributed by atoms with E-state index in [4.69, 9.17) is 9.84 Å². The second-order valence-electron chi connectivity index (χ2n) is 3.09. The van der Waals surface area contributed by atoms with Crippen LogP contribution in [-0.4, -0.2) is 36.9 Å². The molecule has 0 atom stereocenters. The first-order valence-electron chi connectivity index (χ1n) is 5.01. The molecule has 0 unspecified atom stereocenters. The van der Waals surface area contributed by atoms with Crippen LogP contribution in [0.25, 0.3) is 0 Å². The molecule has 0 bridgehead atoms. The first kappa shape index (κ1) is 12.4. The second kappa shape index (κ2) is 6.02. The smallest absolute Gasteiger partial charge is 0.215 e. The largest absolute Gasteiger partial charge is 0.481 e. The minimum Gasteiger partial charge on any atom is -0.481 e. The van der Waals surface area contributed by atoms with E-state index in [2.05, 4.69) is 10.2 Å². The molecule has 0 spiro atoms. The maximum Gasteiger partial charge on any atom is 0.215 e. The molecule has 1 aromatic heterocycles. The standard InChI is InChI=1S/C10H15N3O3/c1-3-13(6-7-14)10-8(12-15)4-5-9(11-10)16-2/h4-5,14H,3,6-7H2,1-2H3. The Labute approximate surface area is 93.8 Å². The lowest BCUT2D eigenvalue weighted by atomic mass is 10.3. The third-order valence-electron chi connectivity index (χ3n) is 2.19. The fraction of sp³-hybridized carbons (Fsp3) is 0.500. The number of hydrogen-bond donors (Lipinski definition) is 1. The Kier molecular flexibility index (Phi) is 4.65. The predicted molar refractivity (Wildman–Crippen MR) is 61.2 cm³/mol. The third-order valence-corrected chi connectivity index (χ3v) is 2.19. The summed E-state index contributed by atoms with van der Waals surface area (Å²) in [4.78, 5) is 16.5. The Morgan fingerprint density at radius 2 is 2.31 bits per heavy atom. The summed E-state index contributed by atoms with van der Waals surface area (Å²) in [6.45, 7) is 2.93. The van der Waals surface area contributed by atoms with Crippen molar-refractivity contribution >= 4 is 11.5 Å². The molecule has 0 aliphatic heterocycles. The van der Waals surface area contributed by atoms with Crippen molar-refractivity contribution in [3.8, 4) is 5.88 Å². The molecule has 16 heavy (non-hydrogen) atoms. The van der Waals surface area contributed by atoms with Gasteiger partial charge in [0.25, 0.3) is 0 Å². The summed E-state index contributed by atoms with van der Waals surface area (Å²) < 4.78 is 4.98. The van der Waals surface area contributed by atoms with Gasteiger partial charge in [-0.05, 0) is 18.2 Å². The summed E-state index contributed by atoms with van der Waals surface area (Å²) in [6, 6.07) is 3.13. The van der Waals surface area contributed by atoms with E-state index in [1.165, 1.54) is 7.11 Å². The minimum atomic E-state index is -0.00890. The van der Waals surface area contributed by atoms with Gasteiger partial charge in [0.15, 0.2) is 11.5 Å². The summed E-state index contributed by atoms with van der Waals surface area (Å²) in [7, 11) is 1.50. The average molecular weight is 225 g/mol. The number of methoxy groups -OCH3 is 1. The van der Waals surface area contributed by atoms with Crippen molar-refractivity contribution in [2.24, 2.45) is 5.18 Å². The monoisotopic (exact) mass is 225 g/mol. The Hall–Kier alpha value is -1.69. The van der Waals surface area contributed by atoms with Crippen molar-refractivity contribution < 1.29 is 9.84 Å². The quantitative estimate of drug-likeness (QED) is 0.739. The molecule has 0 fully saturated rings. The van der Waals surface area contributed by atoms with Gasteiger partial charge in [-0.15, -0.1) is 4.91 Å². The van der Waals surface area contributed by atoms with Crippen LogP contribution in [0.4, 0.5) is 11.5 Å². The van der Waals surface area contributed by atoms with Gasteiger partial charge in [0.2, 0.25) is 5.88 Å². The molecule has 0 saturated heterocycles. The molecule has 0 radical (unpaired) electrons. The molecule has 0 aliphatic carbocycles. The highest BCUT2D eigenvalue weighted by Gasteiger charge is 2.13. The number of hydrogen-bond acceptors (Lipinski definition) is 6. The van der Waals surface area contributed by atoms with E-state index in [1.54, 1.807) is 17.0 Å². The van der Waals surface area contributed by atoms with Crippen LogP contribution in [0, 0.1) is 4.91 Å². The number of nitroso groups, excluding NO2 is 1. The lowest BCUT2D eigenvalue weighted by Crippen LogP contribution is -2.27. The zero-order valence-electron chi connectivity index (χ0n) is 9.38. The van der Waals surface area contributed by atoms with Gasteiger partial charge < -0.3 is 14.7 Å². The summed E-state index contributed by atoms with van der Waals surface area (Å²) in [6.07, 6.45) is 0. The lowest BCUT2D eigenvalue weighted by Gasteiger charge is -2.21. The first-order valence-corrected chi connectivity index (χ1v) is 5.01. The Balaban J connectivity index is 3.10. The molecule has 1 aromatic rings. The van der Waals surface area contributed by atoms with Crippen LogP contribution in [-0.2, 0) is 0 Å². The van der Waals surface area contributed by atoms with Crippen LogP contribution in [0.15, 0.2) is 17.3 Å². The maximum atomic E-state index is 10.6. The molecule has 88 valence electrons. The van der Waals surface area contributed by atoms with E-state index < -0.39 is 0 Å². The summed E-state index contributed by atoms with van der Waals surface area (Å²) in [5.41, 5.74) is 0.246. The van der Waals surface area contributed by atoms with Crippen molar-refractivity contribution in [2.75, 3.05) is 31.7 Å². The predicted octanol–water partition coefficient (Wildman–Crippen LogP) is 1.31. The Morgan fingerprint density at radius 3 is 2.81 bits per heavy atom. The number of ether oxygens (including phenoxy) is 1. The molecule has 6 heteroatoms. The van der Waals surface area contributed by atoms with E-state index in [9.17, 15) is 4.91 Å². The van der Waals surface area contributed by atoms with Gasteiger partial charge in [-0.2, -0.15) is 4.98 Å². The van der Waals surface area contributed by atoms with Gasteiger partial charge in [0.05, 0.1) is 13.7 Å². The number of anilines is 1. The Bertz CT molecular complexity index is 357. The van der Waals surface area contributed by atoms with Crippen LogP contribution in [0.1, 0.15) is 6.92 Å². The highest BCUT2D eigenvalue weighted by atomic mass is 16.5. The maximum absolute atomic E-state index is 10.6. The fourth-order valence-corrected chi connectivity index (χ4v) is 1.38. The minimum absolute atomic E-state index is 0.00890. The van der Waals surface area contributed by atoms with Crippen LogP contribution >= 0.6 is 0 Å². The van der Waals surface area contributed by atoms with E-state index in [-0.39, 0.29) is 12.3 Å². The van der Waals surface area contributed by atoms with Crippen LogP contribution < -0.4 is 9.64 Å². The fourth-order valence-electron chi connectivity index (χ4n) is 1.38. The van der Waals surface area contributed by atoms with Gasteiger partial charge in [0, 0.05) is 19.2 Å². The third kappa shape index (κ3) is 2.66. The molecule has 0 amide bonds. The number of aliphatic hydroxyl groups excluding tert-OH is 1. The van der Waals surface area contributed by atoms with Gasteiger partial charge in [-0.3, -0.25) is 0 Å². The second-order valence-corrected chi connectivity index (χ2v) is 3.09. The number of aromatic nitrogens is 1. The topological polar surface area (TPSA) is 75.0 Å². The van der Waals surface area contributed by atoms with E-state index in [1.807, 2.05) is 6.92 Å². The molecule has 0 aliphatic rings. The molecule has 1 rings (SSSR count). The lowest BCUT2D eigenvalue weighted by molar-refractivity contribution is 0.302. The molecular formula is C10H15N3O3. The van der Waals surface area contributed by atoms with Gasteiger partial charge >= 0.3 is 0 Å². The Morgan fingerprint density at radius 1 is 1.56 bits per heavy atom. The van der Waals surface area contributed by atoms with Crippen molar-refractivity contribution in [1.82, 2.24) is 4.98 Å². The van der Waals surface area contributed by atoms with Crippen molar-refractivity contribution in [2.45, 2.75) is 6.92 Å². The molecular weight excluding hydrogens is 210 g/mol. The molecule has 1 N–H and O–H groups in total. The normalized spacial score (nSPS) is 9.94. The number of rotatable bonds is 6. The first-order chi connectivity index (χ1) is 7.76. The highest BCUT2D eigenvalue weighted by molar-refractivity contribution is 5.62. The van der Waals surface area contributed by atoms with Gasteiger partial charge in [-0.25, -0.2) is 0 Å². The summed E-state index contributed by atoms with van der Waals surface area (Å²) in [5.74, 6) is 0.852. The number of aliphatic hydroxyl groups is 1. The van der Waals surface area contributed by atoms with Crippen LogP contribution in [0.3, 0.4) is 0 Å². The van der Waals surface area contributed by atoms with Crippen LogP contribution in [0.2, 0.25) is 0 Å². The highest BCUT2D eigenvalue weighted by Crippen LogP contribution is 2.28. The zero-order valence-corrected chi connectivity index (χ0v) is 9.38. The number of nitrogens with zero attached hydrogens (tertiary/aromatic N) is 3. The van der Waals surface area contributed by atoms with Crippen LogP contribution in [0.5, 0.6) is 5.88 Å².